The molecule has 372 valence electrons. The van der Waals surface area contributed by atoms with Crippen molar-refractivity contribution < 1.29 is 63.3 Å². The number of aliphatic hydroxyl groups excluding tert-OH is 2. The minimum Gasteiger partial charge on any atom is -0.480 e. The molecule has 0 aromatic carbocycles. The number of rotatable bonds is 33. The second-order valence-electron chi connectivity index (χ2n) is 16.3. The Morgan fingerprint density at radius 1 is 0.585 bits per heavy atom. The SMILES string of the molecule is CC[C@H](C)[C@H](N)C(=O)N[C@@H](C)C(=O)N[C@@H](CC(C)C)C(=O)N[C@@H](CO)C(=O)N[C@@H](CCCCN)C(=O)N[C@@H](CC(N)=O)C(=O)NCC(=O)N[C@@H](CCCCN)C(=O)N[C@H](C(=O)O)[C@@H](C)O. The normalized spacial score (nSPS) is 15.8. The Hall–Kier alpha value is -5.50. The van der Waals surface area contributed by atoms with Gasteiger partial charge in [0.2, 0.25) is 53.2 Å². The maximum absolute atomic E-state index is 13.6. The van der Waals surface area contributed by atoms with E-state index >= 15 is 0 Å². The Morgan fingerprint density at radius 3 is 1.54 bits per heavy atom. The van der Waals surface area contributed by atoms with E-state index in [4.69, 9.17) is 22.9 Å². The van der Waals surface area contributed by atoms with Crippen molar-refractivity contribution in [2.75, 3.05) is 26.2 Å². The summed E-state index contributed by atoms with van der Waals surface area (Å²) in [6, 6.07) is -11.0. The Bertz CT molecular complexity index is 1600. The first-order valence-electron chi connectivity index (χ1n) is 21.8. The number of aliphatic hydroxyl groups is 2. The van der Waals surface area contributed by atoms with Crippen LogP contribution in [0.3, 0.4) is 0 Å². The van der Waals surface area contributed by atoms with Crippen molar-refractivity contribution in [1.29, 1.82) is 0 Å². The molecule has 0 fully saturated rings. The van der Waals surface area contributed by atoms with Crippen LogP contribution in [0.2, 0.25) is 0 Å². The lowest BCUT2D eigenvalue weighted by molar-refractivity contribution is -0.145. The van der Waals surface area contributed by atoms with Gasteiger partial charge >= 0.3 is 5.97 Å². The van der Waals surface area contributed by atoms with E-state index in [1.165, 1.54) is 6.92 Å². The molecule has 0 aliphatic rings. The standard InChI is InChI=1S/C40H74N12O13/c1-7-21(4)31(44)39(63)46-22(5)33(57)49-26(16-20(2)3)37(61)51-28(19-53)38(62)48-25(13-9-11-15-42)35(59)50-27(17-29(43)55)34(58)45-18-30(56)47-24(12-8-10-14-41)36(60)52-32(23(6)54)40(64)65/h20-28,31-32,53-54H,7-19,41-42,44H2,1-6H3,(H2,43,55)(H,45,58)(H,46,63)(H,47,56)(H,48,62)(H,49,57)(H,50,59)(H,51,61)(H,52,60)(H,64,65)/t21-,22-,23+,24-,25-,26-,27-,28-,31-,32-/m0/s1. The molecule has 0 aliphatic carbocycles. The number of carboxylic acid groups (broad SMARTS) is 1. The third kappa shape index (κ3) is 23.3. The third-order valence-corrected chi connectivity index (χ3v) is 10.2. The van der Waals surface area contributed by atoms with Crippen LogP contribution in [-0.4, -0.2) is 155 Å². The van der Waals surface area contributed by atoms with Gasteiger partial charge < -0.3 is 80.8 Å². The van der Waals surface area contributed by atoms with Gasteiger partial charge in [-0.15, -0.1) is 0 Å². The van der Waals surface area contributed by atoms with Crippen molar-refractivity contribution in [3.63, 3.8) is 0 Å². The smallest absolute Gasteiger partial charge is 0.328 e. The second kappa shape index (κ2) is 31.4. The van der Waals surface area contributed by atoms with E-state index in [9.17, 15) is 63.3 Å². The fraction of sp³-hybridized carbons (Fsp3) is 0.750. The van der Waals surface area contributed by atoms with Crippen LogP contribution in [0, 0.1) is 11.8 Å². The highest BCUT2D eigenvalue weighted by Gasteiger charge is 2.34. The molecule has 0 bridgehead atoms. The quantitative estimate of drug-likeness (QED) is 0.0273. The van der Waals surface area contributed by atoms with Gasteiger partial charge in [0.15, 0.2) is 6.04 Å². The fourth-order valence-electron chi connectivity index (χ4n) is 6.01. The van der Waals surface area contributed by atoms with Crippen molar-refractivity contribution in [1.82, 2.24) is 42.5 Å². The van der Waals surface area contributed by atoms with Crippen molar-refractivity contribution in [3.8, 4) is 0 Å². The van der Waals surface area contributed by atoms with E-state index in [0.717, 1.165) is 6.92 Å². The molecule has 0 heterocycles. The lowest BCUT2D eigenvalue weighted by Crippen LogP contribution is -2.60. The zero-order valence-corrected chi connectivity index (χ0v) is 38.3. The molecule has 0 aromatic heterocycles. The predicted molar refractivity (Wildman–Crippen MR) is 235 cm³/mol. The van der Waals surface area contributed by atoms with Gasteiger partial charge in [0, 0.05) is 0 Å². The number of carbonyl (C=O) groups is 10. The average molecular weight is 931 g/mol. The van der Waals surface area contributed by atoms with Gasteiger partial charge in [-0.3, -0.25) is 43.2 Å². The summed E-state index contributed by atoms with van der Waals surface area (Å²) in [5.74, 6) is -10.0. The summed E-state index contributed by atoms with van der Waals surface area (Å²) in [4.78, 5) is 129. The predicted octanol–water partition coefficient (Wildman–Crippen LogP) is -5.47. The highest BCUT2D eigenvalue weighted by molar-refractivity contribution is 5.98. The summed E-state index contributed by atoms with van der Waals surface area (Å²) in [6.45, 7) is 8.45. The number of nitrogens with two attached hydrogens (primary N) is 4. The summed E-state index contributed by atoms with van der Waals surface area (Å²) >= 11 is 0. The zero-order valence-electron chi connectivity index (χ0n) is 38.3. The summed E-state index contributed by atoms with van der Waals surface area (Å²) in [7, 11) is 0. The van der Waals surface area contributed by atoms with E-state index in [2.05, 4.69) is 42.5 Å². The highest BCUT2D eigenvalue weighted by Crippen LogP contribution is 2.09. The van der Waals surface area contributed by atoms with Crippen LogP contribution in [0.15, 0.2) is 0 Å². The van der Waals surface area contributed by atoms with Crippen LogP contribution in [-0.2, 0) is 47.9 Å². The third-order valence-electron chi connectivity index (χ3n) is 10.2. The first kappa shape index (κ1) is 59.5. The molecule has 25 nitrogen and oxygen atoms in total. The Morgan fingerprint density at radius 2 is 1.06 bits per heavy atom. The number of primary amides is 1. The summed E-state index contributed by atoms with van der Waals surface area (Å²) < 4.78 is 0. The maximum atomic E-state index is 13.6. The van der Waals surface area contributed by atoms with E-state index < -0.39 is 133 Å². The average Bonchev–Trinajstić information content (AvgIpc) is 3.23. The van der Waals surface area contributed by atoms with Gasteiger partial charge in [-0.1, -0.05) is 34.1 Å². The van der Waals surface area contributed by atoms with Crippen molar-refractivity contribution in [2.45, 2.75) is 154 Å². The molecule has 0 saturated heterocycles. The Balaban J connectivity index is 6.05. The van der Waals surface area contributed by atoms with Crippen molar-refractivity contribution in [2.24, 2.45) is 34.8 Å². The van der Waals surface area contributed by atoms with Crippen LogP contribution in [0.5, 0.6) is 0 Å². The van der Waals surface area contributed by atoms with E-state index in [1.807, 2.05) is 6.92 Å². The fourth-order valence-corrected chi connectivity index (χ4v) is 6.01. The van der Waals surface area contributed by atoms with E-state index in [1.54, 1.807) is 20.8 Å². The van der Waals surface area contributed by atoms with Crippen LogP contribution in [0.1, 0.15) is 99.3 Å². The summed E-state index contributed by atoms with van der Waals surface area (Å²) in [5, 5.41) is 48.2. The Labute approximate surface area is 379 Å². The minimum atomic E-state index is -1.69. The molecule has 0 spiro atoms. The number of amides is 9. The lowest BCUT2D eigenvalue weighted by Gasteiger charge is -2.27. The molecule has 19 N–H and O–H groups in total. The zero-order chi connectivity index (χ0) is 50.0. The number of hydrogen-bond acceptors (Lipinski definition) is 15. The molecule has 0 radical (unpaired) electrons. The van der Waals surface area contributed by atoms with Gasteiger partial charge in [-0.2, -0.15) is 0 Å². The largest absolute Gasteiger partial charge is 0.480 e. The molecule has 9 amide bonds. The molecule has 0 aliphatic heterocycles. The second-order valence-corrected chi connectivity index (χ2v) is 16.3. The minimum absolute atomic E-state index is 0.0112. The Kier molecular flexibility index (Phi) is 28.7. The van der Waals surface area contributed by atoms with Gasteiger partial charge in [0.05, 0.1) is 31.7 Å². The summed E-state index contributed by atoms with van der Waals surface area (Å²) in [5.41, 5.74) is 22.5. The van der Waals surface area contributed by atoms with Gasteiger partial charge in [0.25, 0.3) is 0 Å². The number of hydrogen-bond donors (Lipinski definition) is 15. The highest BCUT2D eigenvalue weighted by atomic mass is 16.4. The number of nitrogens with one attached hydrogen (secondary N) is 8. The number of carbonyl (C=O) groups excluding carboxylic acids is 9. The number of aliphatic carboxylic acids is 1. The van der Waals surface area contributed by atoms with Crippen LogP contribution >= 0.6 is 0 Å². The van der Waals surface area contributed by atoms with Gasteiger partial charge in [-0.25, -0.2) is 4.79 Å². The molecular weight excluding hydrogens is 857 g/mol. The van der Waals surface area contributed by atoms with Gasteiger partial charge in [0.1, 0.15) is 36.3 Å². The van der Waals surface area contributed by atoms with Crippen LogP contribution in [0.4, 0.5) is 0 Å². The molecule has 0 aromatic rings. The molecule has 10 atom stereocenters. The lowest BCUT2D eigenvalue weighted by atomic mass is 9.99. The van der Waals surface area contributed by atoms with Crippen molar-refractivity contribution in [3.05, 3.63) is 0 Å². The summed E-state index contributed by atoms with van der Waals surface area (Å²) in [6.07, 6.45) is -0.170. The van der Waals surface area contributed by atoms with Crippen LogP contribution in [0.25, 0.3) is 0 Å². The van der Waals surface area contributed by atoms with E-state index in [0.29, 0.717) is 25.7 Å². The molecule has 0 rings (SSSR count). The number of carboxylic acids is 1. The first-order valence-corrected chi connectivity index (χ1v) is 21.8. The maximum Gasteiger partial charge on any atom is 0.328 e. The first-order chi connectivity index (χ1) is 30.4. The molecule has 0 saturated carbocycles. The van der Waals surface area contributed by atoms with Crippen molar-refractivity contribution >= 4 is 59.1 Å². The van der Waals surface area contributed by atoms with Gasteiger partial charge in [-0.05, 0) is 83.7 Å². The topological polar surface area (TPSA) is 432 Å². The molecule has 0 unspecified atom stereocenters. The van der Waals surface area contributed by atoms with E-state index in [-0.39, 0.29) is 50.6 Å². The van der Waals surface area contributed by atoms with Crippen LogP contribution < -0.4 is 65.5 Å². The molecule has 65 heavy (non-hydrogen) atoms. The molecular formula is C40H74N12O13. The molecule has 25 heteroatoms. The monoisotopic (exact) mass is 931 g/mol. The number of unbranched alkanes of at least 4 members (excludes halogenated alkanes) is 2.